The number of benzene rings is 2. The van der Waals surface area contributed by atoms with E-state index in [1.165, 1.54) is 11.1 Å². The van der Waals surface area contributed by atoms with Gasteiger partial charge in [-0.25, -0.2) is 4.79 Å². The smallest absolute Gasteiger partial charge is 0.355 e. The van der Waals surface area contributed by atoms with Gasteiger partial charge in [0.25, 0.3) is 5.91 Å². The number of hydrogen-bond acceptors (Lipinski definition) is 4. The minimum atomic E-state index is -0.421. The summed E-state index contributed by atoms with van der Waals surface area (Å²) in [5.41, 5.74) is 4.80. The third kappa shape index (κ3) is 4.71. The largest absolute Gasteiger partial charge is 0.461 e. The maximum absolute atomic E-state index is 13.4. The maximum atomic E-state index is 13.4. The van der Waals surface area contributed by atoms with E-state index in [1.807, 2.05) is 24.0 Å². The first-order chi connectivity index (χ1) is 16.0. The van der Waals surface area contributed by atoms with Crippen LogP contribution in [0.2, 0.25) is 0 Å². The number of piperazine rings is 1. The number of carbonyl (C=O) groups is 2. The van der Waals surface area contributed by atoms with Crippen molar-refractivity contribution in [2.45, 2.75) is 26.8 Å². The monoisotopic (exact) mass is 445 g/mol. The van der Waals surface area contributed by atoms with Crippen molar-refractivity contribution in [3.8, 4) is 0 Å². The van der Waals surface area contributed by atoms with E-state index in [2.05, 4.69) is 58.4 Å². The van der Waals surface area contributed by atoms with Crippen LogP contribution in [0.3, 0.4) is 0 Å². The number of ether oxygens (including phenoxy) is 1. The molecule has 1 saturated heterocycles. The molecule has 1 amide bonds. The van der Waals surface area contributed by atoms with Crippen molar-refractivity contribution in [1.29, 1.82) is 0 Å². The number of aryl methyl sites for hydroxylation is 1. The summed E-state index contributed by atoms with van der Waals surface area (Å²) in [6.45, 7) is 8.51. The number of aromatic nitrogens is 1. The summed E-state index contributed by atoms with van der Waals surface area (Å²) in [5.74, 6) is -0.456. The summed E-state index contributed by atoms with van der Waals surface area (Å²) in [4.78, 5) is 33.0. The number of H-pyrrole nitrogens is 1. The molecule has 172 valence electrons. The van der Waals surface area contributed by atoms with Crippen LogP contribution in [0.4, 0.5) is 0 Å². The predicted octanol–water partition coefficient (Wildman–Crippen LogP) is 4.36. The Morgan fingerprint density at radius 2 is 1.45 bits per heavy atom. The molecule has 0 unspecified atom stereocenters. The van der Waals surface area contributed by atoms with E-state index >= 15 is 0 Å². The summed E-state index contributed by atoms with van der Waals surface area (Å²) >= 11 is 0. The Hall–Kier alpha value is -3.38. The number of carbonyl (C=O) groups excluding carboxylic acids is 2. The number of nitrogens with zero attached hydrogens (tertiary/aromatic N) is 2. The zero-order chi connectivity index (χ0) is 23.4. The quantitative estimate of drug-likeness (QED) is 0.573. The summed E-state index contributed by atoms with van der Waals surface area (Å²) < 4.78 is 5.13. The van der Waals surface area contributed by atoms with E-state index < -0.39 is 5.97 Å². The van der Waals surface area contributed by atoms with Gasteiger partial charge in [0.2, 0.25) is 0 Å². The van der Waals surface area contributed by atoms with Crippen LogP contribution >= 0.6 is 0 Å². The van der Waals surface area contributed by atoms with E-state index in [0.717, 1.165) is 13.1 Å². The van der Waals surface area contributed by atoms with E-state index in [1.54, 1.807) is 13.8 Å². The molecular formula is C27H31N3O3. The van der Waals surface area contributed by atoms with Gasteiger partial charge in [-0.1, -0.05) is 60.7 Å². The average molecular weight is 446 g/mol. The van der Waals surface area contributed by atoms with Gasteiger partial charge in [0.05, 0.1) is 18.2 Å². The summed E-state index contributed by atoms with van der Waals surface area (Å²) in [5, 5.41) is 0. The Bertz CT molecular complexity index is 1060. The van der Waals surface area contributed by atoms with E-state index in [9.17, 15) is 9.59 Å². The molecule has 0 spiro atoms. The number of esters is 1. The molecule has 33 heavy (non-hydrogen) atoms. The van der Waals surface area contributed by atoms with E-state index in [-0.39, 0.29) is 11.9 Å². The lowest BCUT2D eigenvalue weighted by Gasteiger charge is -2.40. The number of amides is 1. The molecule has 0 saturated carbocycles. The van der Waals surface area contributed by atoms with Gasteiger partial charge >= 0.3 is 5.97 Å². The molecule has 4 rings (SSSR count). The fourth-order valence-corrected chi connectivity index (χ4v) is 4.70. The number of hydrogen-bond donors (Lipinski definition) is 1. The molecule has 2 heterocycles. The van der Waals surface area contributed by atoms with Crippen molar-refractivity contribution >= 4 is 11.9 Å². The molecule has 1 aliphatic rings. The third-order valence-electron chi connectivity index (χ3n) is 6.33. The molecule has 0 bridgehead atoms. The van der Waals surface area contributed by atoms with Crippen LogP contribution in [0.5, 0.6) is 0 Å². The van der Waals surface area contributed by atoms with Gasteiger partial charge in [-0.05, 0) is 37.5 Å². The molecule has 6 nitrogen and oxygen atoms in total. The molecule has 3 aromatic rings. The lowest BCUT2D eigenvalue weighted by Crippen LogP contribution is -2.50. The van der Waals surface area contributed by atoms with Gasteiger partial charge in [0.15, 0.2) is 0 Å². The highest BCUT2D eigenvalue weighted by molar-refractivity contribution is 6.01. The van der Waals surface area contributed by atoms with Crippen molar-refractivity contribution < 1.29 is 14.3 Å². The summed E-state index contributed by atoms with van der Waals surface area (Å²) in [6, 6.07) is 21.2. The fourth-order valence-electron chi connectivity index (χ4n) is 4.70. The number of aromatic amines is 1. The molecular weight excluding hydrogens is 414 g/mol. The molecule has 0 radical (unpaired) electrons. The average Bonchev–Trinajstić information content (AvgIpc) is 3.14. The third-order valence-corrected chi connectivity index (χ3v) is 6.33. The van der Waals surface area contributed by atoms with Gasteiger partial charge in [-0.15, -0.1) is 0 Å². The Morgan fingerprint density at radius 1 is 0.909 bits per heavy atom. The standard InChI is InChI=1S/C27H31N3O3/c1-4-33-27(32)24-19(2)23(20(3)28-24)26(31)30-17-15-29(16-18-30)25(21-11-7-5-8-12-21)22-13-9-6-10-14-22/h5-14,25,28H,4,15-18H2,1-3H3. The zero-order valence-corrected chi connectivity index (χ0v) is 19.5. The number of rotatable bonds is 6. The molecule has 1 fully saturated rings. The lowest BCUT2D eigenvalue weighted by molar-refractivity contribution is 0.0519. The van der Waals surface area contributed by atoms with Crippen molar-refractivity contribution in [2.75, 3.05) is 32.8 Å². The Balaban J connectivity index is 1.51. The Labute approximate surface area is 195 Å². The van der Waals surface area contributed by atoms with Crippen LogP contribution in [-0.4, -0.2) is 59.4 Å². The molecule has 1 aliphatic heterocycles. The fraction of sp³-hybridized carbons (Fsp3) is 0.333. The highest BCUT2D eigenvalue weighted by atomic mass is 16.5. The van der Waals surface area contributed by atoms with Crippen molar-refractivity contribution in [1.82, 2.24) is 14.8 Å². The van der Waals surface area contributed by atoms with Gasteiger partial charge in [-0.3, -0.25) is 9.69 Å². The van der Waals surface area contributed by atoms with Crippen LogP contribution in [0.15, 0.2) is 60.7 Å². The minimum absolute atomic E-state index is 0.0348. The first kappa shape index (κ1) is 22.8. The van der Waals surface area contributed by atoms with Crippen molar-refractivity contribution in [2.24, 2.45) is 0 Å². The SMILES string of the molecule is CCOC(=O)c1[nH]c(C)c(C(=O)N2CCN(C(c3ccccc3)c3ccccc3)CC2)c1C. The lowest BCUT2D eigenvalue weighted by atomic mass is 9.96. The molecule has 0 atom stereocenters. The maximum Gasteiger partial charge on any atom is 0.355 e. The van der Waals surface area contributed by atoms with Crippen LogP contribution in [-0.2, 0) is 4.74 Å². The van der Waals surface area contributed by atoms with E-state index in [0.29, 0.717) is 42.2 Å². The molecule has 0 aliphatic carbocycles. The Kier molecular flexibility index (Phi) is 6.94. The minimum Gasteiger partial charge on any atom is -0.461 e. The van der Waals surface area contributed by atoms with Gasteiger partial charge in [0, 0.05) is 31.9 Å². The Morgan fingerprint density at radius 3 is 1.97 bits per heavy atom. The molecule has 1 N–H and O–H groups in total. The molecule has 1 aromatic heterocycles. The second-order valence-corrected chi connectivity index (χ2v) is 8.40. The number of nitrogens with one attached hydrogen (secondary N) is 1. The van der Waals surface area contributed by atoms with Crippen LogP contribution < -0.4 is 0 Å². The topological polar surface area (TPSA) is 65.6 Å². The normalized spacial score (nSPS) is 14.5. The molecule has 6 heteroatoms. The highest BCUT2D eigenvalue weighted by Gasteiger charge is 2.31. The second kappa shape index (κ2) is 10.0. The first-order valence-corrected chi connectivity index (χ1v) is 11.5. The second-order valence-electron chi connectivity index (χ2n) is 8.40. The van der Waals surface area contributed by atoms with Crippen molar-refractivity contribution in [3.63, 3.8) is 0 Å². The summed E-state index contributed by atoms with van der Waals surface area (Å²) in [7, 11) is 0. The van der Waals surface area contributed by atoms with Crippen molar-refractivity contribution in [3.05, 3.63) is 94.3 Å². The van der Waals surface area contributed by atoms with Crippen LogP contribution in [0.25, 0.3) is 0 Å². The van der Waals surface area contributed by atoms with Crippen LogP contribution in [0.1, 0.15) is 56.2 Å². The summed E-state index contributed by atoms with van der Waals surface area (Å²) in [6.07, 6.45) is 0. The first-order valence-electron chi connectivity index (χ1n) is 11.5. The van der Waals surface area contributed by atoms with Gasteiger partial charge in [0.1, 0.15) is 5.69 Å². The predicted molar refractivity (Wildman–Crippen MR) is 128 cm³/mol. The van der Waals surface area contributed by atoms with Gasteiger partial charge in [-0.2, -0.15) is 0 Å². The molecule has 2 aromatic carbocycles. The highest BCUT2D eigenvalue weighted by Crippen LogP contribution is 2.30. The zero-order valence-electron chi connectivity index (χ0n) is 19.5. The van der Waals surface area contributed by atoms with E-state index in [4.69, 9.17) is 4.74 Å². The van der Waals surface area contributed by atoms with Crippen LogP contribution in [0, 0.1) is 13.8 Å². The van der Waals surface area contributed by atoms with Gasteiger partial charge < -0.3 is 14.6 Å².